The van der Waals surface area contributed by atoms with Crippen LogP contribution in [0.25, 0.3) is 0 Å². The van der Waals surface area contributed by atoms with E-state index in [1.54, 1.807) is 26.0 Å². The third-order valence-electron chi connectivity index (χ3n) is 3.09. The molecular formula is C16H17ClFNO. The number of aryl methyl sites for hydroxylation is 2. The van der Waals surface area contributed by atoms with Gasteiger partial charge in [0.25, 0.3) is 0 Å². The van der Waals surface area contributed by atoms with Crippen molar-refractivity contribution in [2.75, 3.05) is 0 Å². The smallest absolute Gasteiger partial charge is 0.146 e. The fourth-order valence-corrected chi connectivity index (χ4v) is 2.20. The normalized spacial score (nSPS) is 12.3. The van der Waals surface area contributed by atoms with Crippen LogP contribution in [0.3, 0.4) is 0 Å². The molecule has 0 aromatic heterocycles. The largest absolute Gasteiger partial charge is 0.455 e. The van der Waals surface area contributed by atoms with E-state index in [1.165, 1.54) is 6.07 Å². The molecule has 2 aromatic rings. The van der Waals surface area contributed by atoms with E-state index in [0.29, 0.717) is 27.6 Å². The minimum atomic E-state index is -0.329. The van der Waals surface area contributed by atoms with E-state index >= 15 is 0 Å². The Morgan fingerprint density at radius 2 is 1.85 bits per heavy atom. The van der Waals surface area contributed by atoms with E-state index in [9.17, 15) is 4.39 Å². The summed E-state index contributed by atoms with van der Waals surface area (Å²) in [5.41, 5.74) is 8.04. The van der Waals surface area contributed by atoms with Crippen molar-refractivity contribution in [3.05, 3.63) is 57.9 Å². The molecule has 0 radical (unpaired) electrons. The molecule has 1 atom stereocenters. The van der Waals surface area contributed by atoms with E-state index in [2.05, 4.69) is 0 Å². The van der Waals surface area contributed by atoms with Gasteiger partial charge in [0.1, 0.15) is 17.3 Å². The Labute approximate surface area is 123 Å². The molecule has 0 unspecified atom stereocenters. The summed E-state index contributed by atoms with van der Waals surface area (Å²) in [6, 6.07) is 8.24. The summed E-state index contributed by atoms with van der Waals surface area (Å²) in [7, 11) is 0. The molecule has 0 spiro atoms. The number of rotatable bonds is 3. The molecule has 4 heteroatoms. The maximum atomic E-state index is 13.7. The Balaban J connectivity index is 2.44. The highest BCUT2D eigenvalue weighted by Gasteiger charge is 2.14. The summed E-state index contributed by atoms with van der Waals surface area (Å²) in [6.45, 7) is 5.42. The molecule has 0 saturated heterocycles. The molecule has 2 N–H and O–H groups in total. The first-order valence-electron chi connectivity index (χ1n) is 6.38. The van der Waals surface area contributed by atoms with E-state index in [-0.39, 0.29) is 11.9 Å². The van der Waals surface area contributed by atoms with Gasteiger partial charge in [-0.3, -0.25) is 0 Å². The summed E-state index contributed by atoms with van der Waals surface area (Å²) in [6.07, 6.45) is 0. The molecule has 0 bridgehead atoms. The number of ether oxygens (including phenoxy) is 1. The van der Waals surface area contributed by atoms with E-state index in [1.807, 2.05) is 19.1 Å². The van der Waals surface area contributed by atoms with Crippen LogP contribution in [0.15, 0.2) is 30.3 Å². The van der Waals surface area contributed by atoms with E-state index in [0.717, 1.165) is 5.56 Å². The fraction of sp³-hybridized carbons (Fsp3) is 0.250. The second-order valence-electron chi connectivity index (χ2n) is 4.96. The SMILES string of the molecule is Cc1ccc(Oc2cc(C)c(F)cc2[C@H](C)N)c(Cl)c1. The maximum Gasteiger partial charge on any atom is 0.146 e. The first-order chi connectivity index (χ1) is 9.38. The Kier molecular flexibility index (Phi) is 4.31. The summed E-state index contributed by atoms with van der Waals surface area (Å²) in [5.74, 6) is 0.773. The zero-order chi connectivity index (χ0) is 14.9. The van der Waals surface area contributed by atoms with Crippen LogP contribution in [0.4, 0.5) is 4.39 Å². The number of hydrogen-bond acceptors (Lipinski definition) is 2. The highest BCUT2D eigenvalue weighted by atomic mass is 35.5. The second kappa shape index (κ2) is 5.81. The van der Waals surface area contributed by atoms with Crippen LogP contribution < -0.4 is 10.5 Å². The van der Waals surface area contributed by atoms with Gasteiger partial charge in [-0.05, 0) is 56.2 Å². The first kappa shape index (κ1) is 14.8. The van der Waals surface area contributed by atoms with Crippen molar-refractivity contribution in [2.24, 2.45) is 5.73 Å². The number of hydrogen-bond donors (Lipinski definition) is 1. The van der Waals surface area contributed by atoms with E-state index < -0.39 is 0 Å². The summed E-state index contributed by atoms with van der Waals surface area (Å²) >= 11 is 6.15. The van der Waals surface area contributed by atoms with Gasteiger partial charge in [0, 0.05) is 11.6 Å². The average Bonchev–Trinajstić information content (AvgIpc) is 2.36. The summed E-state index contributed by atoms with van der Waals surface area (Å²) in [5, 5.41) is 0.516. The molecule has 2 aromatic carbocycles. The predicted octanol–water partition coefficient (Wildman–Crippen LogP) is 4.91. The van der Waals surface area contributed by atoms with Gasteiger partial charge >= 0.3 is 0 Å². The third kappa shape index (κ3) is 3.11. The molecule has 2 rings (SSSR count). The van der Waals surface area contributed by atoms with Gasteiger partial charge in [-0.2, -0.15) is 0 Å². The van der Waals surface area contributed by atoms with Gasteiger partial charge in [-0.25, -0.2) is 4.39 Å². The van der Waals surface area contributed by atoms with Crippen LogP contribution in [-0.4, -0.2) is 0 Å². The van der Waals surface area contributed by atoms with Crippen molar-refractivity contribution in [1.29, 1.82) is 0 Å². The van der Waals surface area contributed by atoms with Crippen LogP contribution in [-0.2, 0) is 0 Å². The molecule has 0 aliphatic carbocycles. The molecule has 0 heterocycles. The highest BCUT2D eigenvalue weighted by Crippen LogP contribution is 2.34. The molecule has 0 aliphatic rings. The van der Waals surface area contributed by atoms with Crippen LogP contribution in [0, 0.1) is 19.7 Å². The topological polar surface area (TPSA) is 35.2 Å². The zero-order valence-electron chi connectivity index (χ0n) is 11.7. The van der Waals surface area contributed by atoms with E-state index in [4.69, 9.17) is 22.1 Å². The van der Waals surface area contributed by atoms with Crippen molar-refractivity contribution in [3.8, 4) is 11.5 Å². The van der Waals surface area contributed by atoms with Crippen LogP contribution >= 0.6 is 11.6 Å². The van der Waals surface area contributed by atoms with Crippen molar-refractivity contribution in [1.82, 2.24) is 0 Å². The minimum absolute atomic E-state index is 0.292. The third-order valence-corrected chi connectivity index (χ3v) is 3.38. The summed E-state index contributed by atoms with van der Waals surface area (Å²) in [4.78, 5) is 0. The van der Waals surface area contributed by atoms with Crippen LogP contribution in [0.2, 0.25) is 5.02 Å². The lowest BCUT2D eigenvalue weighted by atomic mass is 10.0. The van der Waals surface area contributed by atoms with Crippen molar-refractivity contribution in [2.45, 2.75) is 26.8 Å². The molecule has 0 saturated carbocycles. The second-order valence-corrected chi connectivity index (χ2v) is 5.37. The highest BCUT2D eigenvalue weighted by molar-refractivity contribution is 6.32. The Bertz CT molecular complexity index is 641. The molecule has 106 valence electrons. The standard InChI is InChI=1S/C16H17ClFNO/c1-9-4-5-15(13(17)6-9)20-16-7-10(2)14(18)8-12(16)11(3)19/h4-8,11H,19H2,1-3H3/t11-/m0/s1. The summed E-state index contributed by atoms with van der Waals surface area (Å²) < 4.78 is 19.5. The number of halogens is 2. The first-order valence-corrected chi connectivity index (χ1v) is 6.76. The number of benzene rings is 2. The minimum Gasteiger partial charge on any atom is -0.455 e. The van der Waals surface area contributed by atoms with Gasteiger partial charge in [-0.15, -0.1) is 0 Å². The molecule has 2 nitrogen and oxygen atoms in total. The quantitative estimate of drug-likeness (QED) is 0.873. The Morgan fingerprint density at radius 3 is 2.45 bits per heavy atom. The molecule has 20 heavy (non-hydrogen) atoms. The van der Waals surface area contributed by atoms with Crippen LogP contribution in [0.5, 0.6) is 11.5 Å². The molecule has 0 amide bonds. The average molecular weight is 294 g/mol. The van der Waals surface area contributed by atoms with Crippen molar-refractivity contribution < 1.29 is 9.13 Å². The zero-order valence-corrected chi connectivity index (χ0v) is 12.5. The fourth-order valence-electron chi connectivity index (χ4n) is 1.92. The lowest BCUT2D eigenvalue weighted by molar-refractivity contribution is 0.468. The van der Waals surface area contributed by atoms with Gasteiger partial charge in [-0.1, -0.05) is 17.7 Å². The Morgan fingerprint density at radius 1 is 1.15 bits per heavy atom. The molecule has 0 fully saturated rings. The maximum absolute atomic E-state index is 13.7. The van der Waals surface area contributed by atoms with Gasteiger partial charge in [0.15, 0.2) is 0 Å². The molecular weight excluding hydrogens is 277 g/mol. The lowest BCUT2D eigenvalue weighted by Gasteiger charge is -2.16. The van der Waals surface area contributed by atoms with Gasteiger partial charge in [0.2, 0.25) is 0 Å². The monoisotopic (exact) mass is 293 g/mol. The van der Waals surface area contributed by atoms with Gasteiger partial charge in [0.05, 0.1) is 5.02 Å². The van der Waals surface area contributed by atoms with Gasteiger partial charge < -0.3 is 10.5 Å². The Hall–Kier alpha value is -1.58. The molecule has 0 aliphatic heterocycles. The lowest BCUT2D eigenvalue weighted by Crippen LogP contribution is -2.08. The number of nitrogens with two attached hydrogens (primary N) is 1. The van der Waals surface area contributed by atoms with Crippen molar-refractivity contribution >= 4 is 11.6 Å². The van der Waals surface area contributed by atoms with Crippen molar-refractivity contribution in [3.63, 3.8) is 0 Å². The van der Waals surface area contributed by atoms with Crippen LogP contribution in [0.1, 0.15) is 29.7 Å². The predicted molar refractivity (Wildman–Crippen MR) is 80.0 cm³/mol.